The molecule has 1 aromatic rings. The number of rotatable bonds is 5. The molecule has 0 aliphatic carbocycles. The maximum Gasteiger partial charge on any atom is 0.253 e. The van der Waals surface area contributed by atoms with E-state index in [9.17, 15) is 18.8 Å². The number of carbonyl (C=O) groups is 3. The van der Waals surface area contributed by atoms with Crippen LogP contribution in [-0.4, -0.2) is 50.1 Å². The average Bonchev–Trinajstić information content (AvgIpc) is 2.54. The molecule has 9 heteroatoms. The second-order valence-corrected chi connectivity index (χ2v) is 5.24. The van der Waals surface area contributed by atoms with Crippen molar-refractivity contribution in [3.8, 4) is 0 Å². The zero-order valence-electron chi connectivity index (χ0n) is 13.2. The fourth-order valence-electron chi connectivity index (χ4n) is 2.26. The molecule has 0 bridgehead atoms. The highest BCUT2D eigenvalue weighted by Crippen LogP contribution is 2.23. The first-order chi connectivity index (χ1) is 11.4. The molecule has 1 fully saturated rings. The Morgan fingerprint density at radius 2 is 2.21 bits per heavy atom. The monoisotopic (exact) mass is 338 g/mol. The minimum Gasteiger partial charge on any atom is -0.370 e. The van der Waals surface area contributed by atoms with E-state index < -0.39 is 23.7 Å². The van der Waals surface area contributed by atoms with Gasteiger partial charge in [-0.15, -0.1) is 0 Å². The molecule has 1 heterocycles. The number of hydrogen-bond acceptors (Lipinski definition) is 5. The molecule has 4 N–H and O–H groups in total. The topological polar surface area (TPSA) is 114 Å². The van der Waals surface area contributed by atoms with Crippen molar-refractivity contribution < 1.29 is 23.5 Å². The fraction of sp³-hybridized carbons (Fsp3) is 0.400. The lowest BCUT2D eigenvalue weighted by Gasteiger charge is -2.27. The number of ether oxygens (including phenoxy) is 1. The number of nitrogens with two attached hydrogens (primary N) is 1. The molecule has 1 aromatic carbocycles. The predicted octanol–water partition coefficient (Wildman–Crippen LogP) is -0.409. The standard InChI is InChI=1S/C15H19FN4O4/c1-9(21)18-13(7-17)15(23)19-12-3-2-10(6-11(12)16)20-4-5-24-8-14(20)22/h2-3,6,13H,4-5,7-8,17H2,1H3,(H,18,21)(H,19,23)/t13-/m1/s1. The average molecular weight is 338 g/mol. The smallest absolute Gasteiger partial charge is 0.253 e. The van der Waals surface area contributed by atoms with Gasteiger partial charge in [-0.05, 0) is 18.2 Å². The largest absolute Gasteiger partial charge is 0.370 e. The minimum atomic E-state index is -0.956. The molecule has 8 nitrogen and oxygen atoms in total. The molecular weight excluding hydrogens is 319 g/mol. The van der Waals surface area contributed by atoms with Crippen LogP contribution in [0.1, 0.15) is 6.92 Å². The first-order valence-corrected chi connectivity index (χ1v) is 7.38. The molecule has 3 amide bonds. The van der Waals surface area contributed by atoms with Crippen LogP contribution in [0.4, 0.5) is 15.8 Å². The van der Waals surface area contributed by atoms with E-state index in [1.165, 1.54) is 24.0 Å². The number of nitrogens with zero attached hydrogens (tertiary/aromatic N) is 1. The number of halogens is 1. The molecular formula is C15H19FN4O4. The highest BCUT2D eigenvalue weighted by Gasteiger charge is 2.22. The Hall–Kier alpha value is -2.52. The number of amides is 3. The summed E-state index contributed by atoms with van der Waals surface area (Å²) in [4.78, 5) is 36.2. The molecule has 130 valence electrons. The molecule has 0 saturated carbocycles. The van der Waals surface area contributed by atoms with Gasteiger partial charge in [-0.2, -0.15) is 0 Å². The highest BCUT2D eigenvalue weighted by molar-refractivity contribution is 5.98. The van der Waals surface area contributed by atoms with Gasteiger partial charge in [0.15, 0.2) is 0 Å². The lowest BCUT2D eigenvalue weighted by Crippen LogP contribution is -2.47. The Balaban J connectivity index is 2.10. The van der Waals surface area contributed by atoms with E-state index in [2.05, 4.69) is 10.6 Å². The number of benzene rings is 1. The molecule has 0 radical (unpaired) electrons. The van der Waals surface area contributed by atoms with Gasteiger partial charge in [0.05, 0.1) is 12.3 Å². The Kier molecular flexibility index (Phi) is 5.83. The van der Waals surface area contributed by atoms with Gasteiger partial charge >= 0.3 is 0 Å². The summed E-state index contributed by atoms with van der Waals surface area (Å²) in [7, 11) is 0. The first kappa shape index (κ1) is 17.8. The molecule has 2 rings (SSSR count). The first-order valence-electron chi connectivity index (χ1n) is 7.38. The molecule has 0 unspecified atom stereocenters. The van der Waals surface area contributed by atoms with Crippen LogP contribution >= 0.6 is 0 Å². The van der Waals surface area contributed by atoms with Crippen LogP contribution in [0.2, 0.25) is 0 Å². The molecule has 0 aromatic heterocycles. The van der Waals surface area contributed by atoms with Gasteiger partial charge in [0.25, 0.3) is 5.91 Å². The van der Waals surface area contributed by atoms with E-state index in [0.29, 0.717) is 18.8 Å². The van der Waals surface area contributed by atoms with Gasteiger partial charge in [-0.25, -0.2) is 4.39 Å². The molecule has 24 heavy (non-hydrogen) atoms. The van der Waals surface area contributed by atoms with E-state index in [1.807, 2.05) is 0 Å². The van der Waals surface area contributed by atoms with Crippen LogP contribution in [0.15, 0.2) is 18.2 Å². The van der Waals surface area contributed by atoms with E-state index in [0.717, 1.165) is 6.07 Å². The van der Waals surface area contributed by atoms with Crippen LogP contribution in [-0.2, 0) is 19.1 Å². The van der Waals surface area contributed by atoms with Crippen LogP contribution in [0, 0.1) is 5.82 Å². The van der Waals surface area contributed by atoms with E-state index in [1.54, 1.807) is 0 Å². The van der Waals surface area contributed by atoms with Crippen LogP contribution in [0.3, 0.4) is 0 Å². The Labute approximate surface area is 138 Å². The summed E-state index contributed by atoms with van der Waals surface area (Å²) in [5.41, 5.74) is 5.75. The zero-order chi connectivity index (χ0) is 17.7. The van der Waals surface area contributed by atoms with E-state index in [-0.39, 0.29) is 24.7 Å². The Bertz CT molecular complexity index is 652. The fourth-order valence-corrected chi connectivity index (χ4v) is 2.26. The van der Waals surface area contributed by atoms with Crippen LogP contribution in [0.25, 0.3) is 0 Å². The van der Waals surface area contributed by atoms with Gasteiger partial charge in [-0.3, -0.25) is 14.4 Å². The van der Waals surface area contributed by atoms with Crippen molar-refractivity contribution in [2.75, 3.05) is 36.5 Å². The van der Waals surface area contributed by atoms with Crippen molar-refractivity contribution in [3.63, 3.8) is 0 Å². The number of morpholine rings is 1. The summed E-state index contributed by atoms with van der Waals surface area (Å²) in [6, 6.07) is 3.08. The summed E-state index contributed by atoms with van der Waals surface area (Å²) in [5, 5.41) is 4.74. The van der Waals surface area contributed by atoms with Gasteiger partial charge < -0.3 is 26.0 Å². The van der Waals surface area contributed by atoms with Crippen molar-refractivity contribution in [1.82, 2.24) is 5.32 Å². The predicted molar refractivity (Wildman–Crippen MR) is 84.9 cm³/mol. The van der Waals surface area contributed by atoms with Gasteiger partial charge in [0.1, 0.15) is 18.5 Å². The Morgan fingerprint density at radius 1 is 1.46 bits per heavy atom. The second-order valence-electron chi connectivity index (χ2n) is 5.24. The maximum atomic E-state index is 14.2. The van der Waals surface area contributed by atoms with E-state index in [4.69, 9.17) is 10.5 Å². The number of carbonyl (C=O) groups excluding carboxylic acids is 3. The second kappa shape index (κ2) is 7.84. The lowest BCUT2D eigenvalue weighted by atomic mass is 10.2. The van der Waals surface area contributed by atoms with E-state index >= 15 is 0 Å². The third-order valence-corrected chi connectivity index (χ3v) is 3.44. The third kappa shape index (κ3) is 4.27. The van der Waals surface area contributed by atoms with Gasteiger partial charge in [0.2, 0.25) is 11.8 Å². The number of hydrogen-bond donors (Lipinski definition) is 3. The SMILES string of the molecule is CC(=O)N[C@H](CN)C(=O)Nc1ccc(N2CCOCC2=O)cc1F. The number of anilines is 2. The normalized spacial score (nSPS) is 15.8. The van der Waals surface area contributed by atoms with Crippen molar-refractivity contribution in [3.05, 3.63) is 24.0 Å². The van der Waals surface area contributed by atoms with Crippen LogP contribution in [0.5, 0.6) is 0 Å². The van der Waals surface area contributed by atoms with Crippen molar-refractivity contribution in [1.29, 1.82) is 0 Å². The summed E-state index contributed by atoms with van der Waals surface area (Å²) >= 11 is 0. The summed E-state index contributed by atoms with van der Waals surface area (Å²) in [6.07, 6.45) is 0. The molecule has 1 aliphatic heterocycles. The zero-order valence-corrected chi connectivity index (χ0v) is 13.2. The summed E-state index contributed by atoms with van der Waals surface area (Å²) in [6.45, 7) is 1.80. The summed E-state index contributed by atoms with van der Waals surface area (Å²) in [5.74, 6) is -1.99. The molecule has 1 atom stereocenters. The lowest BCUT2D eigenvalue weighted by molar-refractivity contribution is -0.125. The third-order valence-electron chi connectivity index (χ3n) is 3.44. The van der Waals surface area contributed by atoms with Crippen molar-refractivity contribution in [2.45, 2.75) is 13.0 Å². The van der Waals surface area contributed by atoms with Crippen molar-refractivity contribution in [2.24, 2.45) is 5.73 Å². The molecule has 1 aliphatic rings. The molecule has 0 spiro atoms. The maximum absolute atomic E-state index is 14.2. The van der Waals surface area contributed by atoms with Gasteiger partial charge in [-0.1, -0.05) is 0 Å². The Morgan fingerprint density at radius 3 is 2.79 bits per heavy atom. The van der Waals surface area contributed by atoms with Crippen molar-refractivity contribution >= 4 is 29.1 Å². The minimum absolute atomic E-state index is 0.0466. The highest BCUT2D eigenvalue weighted by atomic mass is 19.1. The van der Waals surface area contributed by atoms with Gasteiger partial charge in [0, 0.05) is 25.7 Å². The molecule has 1 saturated heterocycles. The quantitative estimate of drug-likeness (QED) is 0.675. The van der Waals surface area contributed by atoms with Crippen LogP contribution < -0.4 is 21.3 Å². The number of nitrogens with one attached hydrogen (secondary N) is 2. The summed E-state index contributed by atoms with van der Waals surface area (Å²) < 4.78 is 19.2.